The highest BCUT2D eigenvalue weighted by molar-refractivity contribution is 7.11. The Labute approximate surface area is 111 Å². The van der Waals surface area contributed by atoms with Crippen LogP contribution < -0.4 is 5.73 Å². The molecule has 0 bridgehead atoms. The largest absolute Gasteiger partial charge is 0.402 e. The third-order valence-electron chi connectivity index (χ3n) is 3.30. The smallest absolute Gasteiger partial charge is 0.0438 e. The summed E-state index contributed by atoms with van der Waals surface area (Å²) in [6, 6.07) is 10.6. The molecule has 0 saturated carbocycles. The van der Waals surface area contributed by atoms with Gasteiger partial charge in [0.1, 0.15) is 0 Å². The molecule has 2 N–H and O–H groups in total. The maximum Gasteiger partial charge on any atom is 0.0438 e. The van der Waals surface area contributed by atoms with E-state index in [1.807, 2.05) is 0 Å². The van der Waals surface area contributed by atoms with E-state index in [2.05, 4.69) is 54.8 Å². The van der Waals surface area contributed by atoms with Crippen LogP contribution in [0.2, 0.25) is 0 Å². The van der Waals surface area contributed by atoms with E-state index < -0.39 is 0 Å². The topological polar surface area (TPSA) is 26.0 Å². The minimum Gasteiger partial charge on any atom is -0.402 e. The van der Waals surface area contributed by atoms with Crippen molar-refractivity contribution in [2.24, 2.45) is 5.73 Å². The maximum absolute atomic E-state index is 6.26. The number of rotatable bonds is 1. The summed E-state index contributed by atoms with van der Waals surface area (Å²) in [6.45, 7) is 2.11. The van der Waals surface area contributed by atoms with E-state index in [1.165, 1.54) is 27.1 Å². The molecular formula is C16H15NS. The molecule has 2 heteroatoms. The summed E-state index contributed by atoms with van der Waals surface area (Å²) >= 11 is 1.76. The zero-order valence-corrected chi connectivity index (χ0v) is 11.1. The predicted octanol–water partition coefficient (Wildman–Crippen LogP) is 4.36. The van der Waals surface area contributed by atoms with E-state index in [4.69, 9.17) is 5.73 Å². The number of hydrogen-bond acceptors (Lipinski definition) is 2. The zero-order valence-electron chi connectivity index (χ0n) is 10.3. The standard InChI is InChI=1S/C16H15NS/c1-2-14(17)15-13-6-4-3-5-11(13)7-8-12-9-10-18-16(12)15/h3-10H,2,17H2,1H3/b15-14+. The highest BCUT2D eigenvalue weighted by atomic mass is 32.1. The van der Waals surface area contributed by atoms with Crippen molar-refractivity contribution in [3.05, 3.63) is 63.0 Å². The maximum atomic E-state index is 6.26. The van der Waals surface area contributed by atoms with Gasteiger partial charge in [0.25, 0.3) is 0 Å². The van der Waals surface area contributed by atoms with E-state index >= 15 is 0 Å². The predicted molar refractivity (Wildman–Crippen MR) is 80.2 cm³/mol. The molecule has 1 heterocycles. The fourth-order valence-electron chi connectivity index (χ4n) is 2.32. The van der Waals surface area contributed by atoms with Gasteiger partial charge in [-0.2, -0.15) is 0 Å². The van der Waals surface area contributed by atoms with Crippen LogP contribution in [0.15, 0.2) is 41.4 Å². The summed E-state index contributed by atoms with van der Waals surface area (Å²) < 4.78 is 0. The Bertz CT molecular complexity index is 647. The van der Waals surface area contributed by atoms with Gasteiger partial charge in [-0.1, -0.05) is 43.3 Å². The third-order valence-corrected chi connectivity index (χ3v) is 4.25. The van der Waals surface area contributed by atoms with Crippen LogP contribution in [0.25, 0.3) is 17.7 Å². The van der Waals surface area contributed by atoms with Crippen LogP contribution in [0.4, 0.5) is 0 Å². The SMILES string of the molecule is CC/C(N)=C1/c2ccccc2C=Cc2ccsc21. The Morgan fingerprint density at radius 2 is 1.89 bits per heavy atom. The van der Waals surface area contributed by atoms with Gasteiger partial charge < -0.3 is 5.73 Å². The molecule has 1 aliphatic rings. The lowest BCUT2D eigenvalue weighted by Gasteiger charge is -2.12. The van der Waals surface area contributed by atoms with Gasteiger partial charge in [0, 0.05) is 16.1 Å². The molecule has 0 radical (unpaired) electrons. The molecule has 0 aliphatic heterocycles. The first-order valence-electron chi connectivity index (χ1n) is 6.15. The summed E-state index contributed by atoms with van der Waals surface area (Å²) in [5.41, 5.74) is 12.2. The number of allylic oxidation sites excluding steroid dienone is 1. The van der Waals surface area contributed by atoms with Crippen molar-refractivity contribution in [3.63, 3.8) is 0 Å². The van der Waals surface area contributed by atoms with Crippen molar-refractivity contribution < 1.29 is 0 Å². The Morgan fingerprint density at radius 3 is 2.72 bits per heavy atom. The fraction of sp³-hybridized carbons (Fsp3) is 0.125. The lowest BCUT2D eigenvalue weighted by molar-refractivity contribution is 1.07. The van der Waals surface area contributed by atoms with Crippen molar-refractivity contribution in [1.82, 2.24) is 0 Å². The van der Waals surface area contributed by atoms with Crippen molar-refractivity contribution in [1.29, 1.82) is 0 Å². The highest BCUT2D eigenvalue weighted by Gasteiger charge is 2.18. The van der Waals surface area contributed by atoms with Crippen LogP contribution in [-0.2, 0) is 0 Å². The van der Waals surface area contributed by atoms with Gasteiger partial charge in [-0.25, -0.2) is 0 Å². The molecule has 0 saturated heterocycles. The molecule has 2 aromatic rings. The molecular weight excluding hydrogens is 238 g/mol. The number of benzene rings is 1. The Kier molecular flexibility index (Phi) is 2.80. The first-order chi connectivity index (χ1) is 8.81. The molecule has 1 aromatic carbocycles. The van der Waals surface area contributed by atoms with Crippen LogP contribution in [-0.4, -0.2) is 0 Å². The number of fused-ring (bicyclic) bond motifs is 2. The summed E-state index contributed by atoms with van der Waals surface area (Å²) in [4.78, 5) is 1.29. The second-order valence-corrected chi connectivity index (χ2v) is 5.30. The molecule has 0 spiro atoms. The van der Waals surface area contributed by atoms with Gasteiger partial charge in [-0.05, 0) is 34.6 Å². The molecule has 0 amide bonds. The van der Waals surface area contributed by atoms with E-state index in [0.29, 0.717) is 0 Å². The number of thiophene rings is 1. The Hall–Kier alpha value is -1.80. The van der Waals surface area contributed by atoms with Crippen molar-refractivity contribution in [3.8, 4) is 0 Å². The van der Waals surface area contributed by atoms with Gasteiger partial charge in [0.15, 0.2) is 0 Å². The lowest BCUT2D eigenvalue weighted by Crippen LogP contribution is -2.02. The zero-order chi connectivity index (χ0) is 12.5. The molecule has 0 fully saturated rings. The van der Waals surface area contributed by atoms with Gasteiger partial charge in [0.05, 0.1) is 0 Å². The second-order valence-electron chi connectivity index (χ2n) is 4.38. The number of nitrogens with two attached hydrogens (primary N) is 1. The van der Waals surface area contributed by atoms with Gasteiger partial charge in [-0.3, -0.25) is 0 Å². The van der Waals surface area contributed by atoms with Crippen LogP contribution in [0, 0.1) is 0 Å². The van der Waals surface area contributed by atoms with Crippen molar-refractivity contribution in [2.75, 3.05) is 0 Å². The Morgan fingerprint density at radius 1 is 1.11 bits per heavy atom. The summed E-state index contributed by atoms with van der Waals surface area (Å²) in [6.07, 6.45) is 5.23. The highest BCUT2D eigenvalue weighted by Crippen LogP contribution is 2.38. The quantitative estimate of drug-likeness (QED) is 0.685. The molecule has 1 aromatic heterocycles. The van der Waals surface area contributed by atoms with Crippen molar-refractivity contribution in [2.45, 2.75) is 13.3 Å². The molecule has 1 nitrogen and oxygen atoms in total. The van der Waals surface area contributed by atoms with Crippen LogP contribution >= 0.6 is 11.3 Å². The third kappa shape index (κ3) is 1.70. The molecule has 1 aliphatic carbocycles. The molecule has 90 valence electrons. The molecule has 0 atom stereocenters. The molecule has 3 rings (SSSR count). The van der Waals surface area contributed by atoms with Crippen LogP contribution in [0.3, 0.4) is 0 Å². The average molecular weight is 253 g/mol. The van der Waals surface area contributed by atoms with Crippen LogP contribution in [0.1, 0.15) is 34.9 Å². The van der Waals surface area contributed by atoms with E-state index in [0.717, 1.165) is 12.1 Å². The fourth-order valence-corrected chi connectivity index (χ4v) is 3.30. The monoisotopic (exact) mass is 253 g/mol. The number of hydrogen-bond donors (Lipinski definition) is 1. The summed E-state index contributed by atoms with van der Waals surface area (Å²) in [7, 11) is 0. The van der Waals surface area contributed by atoms with Crippen LogP contribution in [0.5, 0.6) is 0 Å². The Balaban J connectivity index is 2.36. The summed E-state index contributed by atoms with van der Waals surface area (Å²) in [5.74, 6) is 0. The van der Waals surface area contributed by atoms with Crippen molar-refractivity contribution >= 4 is 29.1 Å². The average Bonchev–Trinajstić information content (AvgIpc) is 2.80. The van der Waals surface area contributed by atoms with E-state index in [-0.39, 0.29) is 0 Å². The molecule has 0 unspecified atom stereocenters. The van der Waals surface area contributed by atoms with Gasteiger partial charge >= 0.3 is 0 Å². The molecule has 18 heavy (non-hydrogen) atoms. The van der Waals surface area contributed by atoms with Gasteiger partial charge in [0.2, 0.25) is 0 Å². The summed E-state index contributed by atoms with van der Waals surface area (Å²) in [5, 5.41) is 2.13. The first-order valence-corrected chi connectivity index (χ1v) is 7.03. The normalized spacial score (nSPS) is 15.8. The minimum atomic E-state index is 0.876. The minimum absolute atomic E-state index is 0.876. The lowest BCUT2D eigenvalue weighted by atomic mass is 9.97. The first kappa shape index (κ1) is 11.3. The van der Waals surface area contributed by atoms with E-state index in [1.54, 1.807) is 11.3 Å². The second kappa shape index (κ2) is 4.46. The van der Waals surface area contributed by atoms with Gasteiger partial charge in [-0.15, -0.1) is 11.3 Å². The van der Waals surface area contributed by atoms with E-state index in [9.17, 15) is 0 Å².